The number of hydrogen-bond donors (Lipinski definition) is 2. The van der Waals surface area contributed by atoms with Crippen LogP contribution in [-0.2, 0) is 6.54 Å². The van der Waals surface area contributed by atoms with Crippen molar-refractivity contribution in [1.29, 1.82) is 0 Å². The summed E-state index contributed by atoms with van der Waals surface area (Å²) in [7, 11) is 3.80. The molecule has 74 valence electrons. The second-order valence-corrected chi connectivity index (χ2v) is 3.04. The Morgan fingerprint density at radius 1 is 1.62 bits per heavy atom. The number of aliphatic hydroxyl groups excluding tert-OH is 1. The van der Waals surface area contributed by atoms with E-state index in [-0.39, 0.29) is 12.4 Å². The number of nitrogens with zero attached hydrogens (tertiary/aromatic N) is 3. The van der Waals surface area contributed by atoms with E-state index in [2.05, 4.69) is 10.1 Å². The molecule has 0 aliphatic carbocycles. The van der Waals surface area contributed by atoms with Crippen LogP contribution in [-0.4, -0.2) is 40.8 Å². The minimum Gasteiger partial charge on any atom is -0.382 e. The van der Waals surface area contributed by atoms with Crippen LogP contribution in [0, 0.1) is 0 Å². The summed E-state index contributed by atoms with van der Waals surface area (Å²) in [4.78, 5) is 5.88. The molecule has 0 saturated carbocycles. The molecule has 0 radical (unpaired) electrons. The molecule has 0 fully saturated rings. The van der Waals surface area contributed by atoms with E-state index in [1.54, 1.807) is 0 Å². The molecule has 1 heterocycles. The molecule has 0 aromatic carbocycles. The van der Waals surface area contributed by atoms with Crippen molar-refractivity contribution in [2.24, 2.45) is 5.73 Å². The smallest absolute Gasteiger partial charge is 0.256 e. The zero-order chi connectivity index (χ0) is 9.84. The van der Waals surface area contributed by atoms with Crippen LogP contribution in [0.4, 0.5) is 0 Å². The van der Waals surface area contributed by atoms with Gasteiger partial charge in [0.05, 0.1) is 6.54 Å². The third kappa shape index (κ3) is 2.76. The van der Waals surface area contributed by atoms with Gasteiger partial charge in [-0.1, -0.05) is 5.16 Å². The molecule has 1 atom stereocenters. The second kappa shape index (κ2) is 4.31. The molecular weight excluding hydrogens is 172 g/mol. The summed E-state index contributed by atoms with van der Waals surface area (Å²) in [6.45, 7) is 0.671. The highest BCUT2D eigenvalue weighted by atomic mass is 16.5. The summed E-state index contributed by atoms with van der Waals surface area (Å²) in [5.41, 5.74) is 5.23. The van der Waals surface area contributed by atoms with Crippen LogP contribution in [0.2, 0.25) is 0 Å². The Bertz CT molecular complexity index is 261. The predicted molar refractivity (Wildman–Crippen MR) is 45.7 cm³/mol. The lowest BCUT2D eigenvalue weighted by atomic mass is 10.4. The fraction of sp³-hybridized carbons (Fsp3) is 0.714. The SMILES string of the molecule is CN(C)Cc1noc(C(O)CN)n1. The average molecular weight is 186 g/mol. The Kier molecular flexibility index (Phi) is 3.35. The van der Waals surface area contributed by atoms with Crippen LogP contribution in [0.25, 0.3) is 0 Å². The first-order chi connectivity index (χ1) is 6.13. The largest absolute Gasteiger partial charge is 0.382 e. The molecule has 0 aliphatic rings. The lowest BCUT2D eigenvalue weighted by molar-refractivity contribution is 0.141. The molecule has 6 nitrogen and oxygen atoms in total. The van der Waals surface area contributed by atoms with Crippen molar-refractivity contribution in [1.82, 2.24) is 15.0 Å². The van der Waals surface area contributed by atoms with Gasteiger partial charge in [-0.15, -0.1) is 0 Å². The normalized spacial score (nSPS) is 13.6. The summed E-state index contributed by atoms with van der Waals surface area (Å²) in [5.74, 6) is 0.729. The fourth-order valence-electron chi connectivity index (χ4n) is 0.851. The quantitative estimate of drug-likeness (QED) is 0.635. The number of aliphatic hydroxyl groups is 1. The van der Waals surface area contributed by atoms with E-state index in [1.807, 2.05) is 19.0 Å². The lowest BCUT2D eigenvalue weighted by Crippen LogP contribution is -2.13. The van der Waals surface area contributed by atoms with Gasteiger partial charge in [0.2, 0.25) is 0 Å². The lowest BCUT2D eigenvalue weighted by Gasteiger charge is -2.03. The molecule has 0 aliphatic heterocycles. The van der Waals surface area contributed by atoms with Gasteiger partial charge in [-0.3, -0.25) is 0 Å². The molecule has 3 N–H and O–H groups in total. The van der Waals surface area contributed by atoms with Gasteiger partial charge in [0.25, 0.3) is 5.89 Å². The van der Waals surface area contributed by atoms with Gasteiger partial charge in [-0.2, -0.15) is 4.98 Å². The summed E-state index contributed by atoms with van der Waals surface area (Å²) in [5, 5.41) is 12.9. The van der Waals surface area contributed by atoms with Crippen LogP contribution < -0.4 is 5.73 Å². The van der Waals surface area contributed by atoms with E-state index in [4.69, 9.17) is 10.3 Å². The minimum absolute atomic E-state index is 0.0869. The highest BCUT2D eigenvalue weighted by molar-refractivity contribution is 4.89. The van der Waals surface area contributed by atoms with Gasteiger partial charge in [0, 0.05) is 6.54 Å². The third-order valence-electron chi connectivity index (χ3n) is 1.45. The van der Waals surface area contributed by atoms with Crippen LogP contribution in [0.1, 0.15) is 17.8 Å². The van der Waals surface area contributed by atoms with Crippen molar-refractivity contribution in [2.75, 3.05) is 20.6 Å². The molecule has 1 aromatic rings. The number of aromatic nitrogens is 2. The third-order valence-corrected chi connectivity index (χ3v) is 1.45. The maximum absolute atomic E-state index is 9.24. The molecule has 0 spiro atoms. The standard InChI is InChI=1S/C7H14N4O2/c1-11(2)4-6-9-7(13-10-6)5(12)3-8/h5,12H,3-4,8H2,1-2H3. The van der Waals surface area contributed by atoms with Crippen LogP contribution in [0.15, 0.2) is 4.52 Å². The van der Waals surface area contributed by atoms with Crippen molar-refractivity contribution < 1.29 is 9.63 Å². The maximum atomic E-state index is 9.24. The van der Waals surface area contributed by atoms with Gasteiger partial charge in [0.1, 0.15) is 6.10 Å². The number of nitrogens with two attached hydrogens (primary N) is 1. The first-order valence-electron chi connectivity index (χ1n) is 3.99. The van der Waals surface area contributed by atoms with Gasteiger partial charge < -0.3 is 20.3 Å². The van der Waals surface area contributed by atoms with Gasteiger partial charge >= 0.3 is 0 Å². The summed E-state index contributed by atoms with van der Waals surface area (Å²) >= 11 is 0. The average Bonchev–Trinajstić information content (AvgIpc) is 2.50. The highest BCUT2D eigenvalue weighted by Crippen LogP contribution is 2.08. The monoisotopic (exact) mass is 186 g/mol. The maximum Gasteiger partial charge on any atom is 0.256 e. The van der Waals surface area contributed by atoms with Crippen LogP contribution in [0.3, 0.4) is 0 Å². The molecule has 13 heavy (non-hydrogen) atoms. The van der Waals surface area contributed by atoms with E-state index in [0.29, 0.717) is 12.4 Å². The van der Waals surface area contributed by atoms with Crippen LogP contribution >= 0.6 is 0 Å². The topological polar surface area (TPSA) is 88.4 Å². The zero-order valence-electron chi connectivity index (χ0n) is 7.77. The molecule has 1 aromatic heterocycles. The Morgan fingerprint density at radius 3 is 2.85 bits per heavy atom. The van der Waals surface area contributed by atoms with Crippen molar-refractivity contribution in [3.05, 3.63) is 11.7 Å². The zero-order valence-corrected chi connectivity index (χ0v) is 7.77. The first kappa shape index (κ1) is 10.1. The second-order valence-electron chi connectivity index (χ2n) is 3.04. The van der Waals surface area contributed by atoms with E-state index in [9.17, 15) is 5.11 Å². The number of rotatable bonds is 4. The molecular formula is C7H14N4O2. The van der Waals surface area contributed by atoms with Gasteiger partial charge in [-0.05, 0) is 14.1 Å². The van der Waals surface area contributed by atoms with Gasteiger partial charge in [-0.25, -0.2) is 0 Å². The highest BCUT2D eigenvalue weighted by Gasteiger charge is 2.14. The number of hydrogen-bond acceptors (Lipinski definition) is 6. The predicted octanol–water partition coefficient (Wildman–Crippen LogP) is -0.877. The van der Waals surface area contributed by atoms with Gasteiger partial charge in [0.15, 0.2) is 5.82 Å². The molecule has 6 heteroatoms. The minimum atomic E-state index is -0.858. The fourth-order valence-corrected chi connectivity index (χ4v) is 0.851. The summed E-state index contributed by atoms with van der Waals surface area (Å²) in [6.07, 6.45) is -0.858. The van der Waals surface area contributed by atoms with E-state index >= 15 is 0 Å². The Morgan fingerprint density at radius 2 is 2.31 bits per heavy atom. The molecule has 1 rings (SSSR count). The summed E-state index contributed by atoms with van der Waals surface area (Å²) < 4.78 is 4.80. The Balaban J connectivity index is 2.63. The van der Waals surface area contributed by atoms with E-state index in [0.717, 1.165) is 0 Å². The van der Waals surface area contributed by atoms with Crippen molar-refractivity contribution in [2.45, 2.75) is 12.6 Å². The van der Waals surface area contributed by atoms with Crippen molar-refractivity contribution >= 4 is 0 Å². The molecule has 1 unspecified atom stereocenters. The van der Waals surface area contributed by atoms with Crippen molar-refractivity contribution in [3.63, 3.8) is 0 Å². The van der Waals surface area contributed by atoms with Crippen LogP contribution in [0.5, 0.6) is 0 Å². The molecule has 0 saturated heterocycles. The Labute approximate surface area is 76.3 Å². The van der Waals surface area contributed by atoms with Crippen molar-refractivity contribution in [3.8, 4) is 0 Å². The molecule has 0 amide bonds. The summed E-state index contributed by atoms with van der Waals surface area (Å²) in [6, 6.07) is 0. The first-order valence-corrected chi connectivity index (χ1v) is 3.99. The van der Waals surface area contributed by atoms with E-state index in [1.165, 1.54) is 0 Å². The van der Waals surface area contributed by atoms with E-state index < -0.39 is 6.10 Å². The molecule has 0 bridgehead atoms. The Hall–Kier alpha value is -0.980.